The number of benzene rings is 1. The summed E-state index contributed by atoms with van der Waals surface area (Å²) in [4.78, 5) is 7.32. The molecule has 0 atom stereocenters. The van der Waals surface area contributed by atoms with Crippen molar-refractivity contribution < 1.29 is 0 Å². The van der Waals surface area contributed by atoms with Gasteiger partial charge in [-0.15, -0.1) is 0 Å². The Morgan fingerprint density at radius 1 is 1.00 bits per heavy atom. The molecule has 1 aliphatic heterocycles. The number of fused-ring (bicyclic) bond motifs is 1. The summed E-state index contributed by atoms with van der Waals surface area (Å²) in [6, 6.07) is 0. The van der Waals surface area contributed by atoms with E-state index in [4.69, 9.17) is 4.98 Å². The van der Waals surface area contributed by atoms with E-state index in [0.29, 0.717) is 0 Å². The van der Waals surface area contributed by atoms with Crippen LogP contribution in [0.3, 0.4) is 0 Å². The molecular weight excluding hydrogens is 544 g/mol. The van der Waals surface area contributed by atoms with Crippen molar-refractivity contribution in [3.8, 4) is 0 Å². The number of hydrogen-bond donors (Lipinski definition) is 1. The van der Waals surface area contributed by atoms with E-state index < -0.39 is 0 Å². The van der Waals surface area contributed by atoms with E-state index >= 15 is 0 Å². The average Bonchev–Trinajstić information content (AvgIpc) is 2.92. The summed E-state index contributed by atoms with van der Waals surface area (Å²) in [7, 11) is 0. The number of nitrogens with zero attached hydrogens (tertiary/aromatic N) is 3. The predicted octanol–water partition coefficient (Wildman–Crippen LogP) is 4.91. The summed E-state index contributed by atoms with van der Waals surface area (Å²) in [6.45, 7) is 7.14. The number of rotatable bonds is 3. The predicted molar refractivity (Wildman–Crippen MR) is 106 cm³/mol. The summed E-state index contributed by atoms with van der Waals surface area (Å²) in [5, 5.41) is 3.40. The molecule has 0 amide bonds. The van der Waals surface area contributed by atoms with Gasteiger partial charge in [0.15, 0.2) is 0 Å². The Kier molecular flexibility index (Phi) is 5.54. The van der Waals surface area contributed by atoms with Gasteiger partial charge in [-0.3, -0.25) is 0 Å². The van der Waals surface area contributed by atoms with Crippen LogP contribution in [-0.4, -0.2) is 35.7 Å². The van der Waals surface area contributed by atoms with Crippen molar-refractivity contribution in [1.82, 2.24) is 14.9 Å². The second-order valence-corrected chi connectivity index (χ2v) is 8.43. The monoisotopic (exact) mass is 556 g/mol. The van der Waals surface area contributed by atoms with Gasteiger partial charge in [0.1, 0.15) is 5.52 Å². The lowest BCUT2D eigenvalue weighted by molar-refractivity contribution is 0.564. The zero-order chi connectivity index (χ0) is 15.9. The highest BCUT2D eigenvalue weighted by molar-refractivity contribution is 9.15. The number of aryl methyl sites for hydroxylation is 1. The van der Waals surface area contributed by atoms with Crippen LogP contribution >= 0.6 is 63.7 Å². The number of imidazole rings is 1. The van der Waals surface area contributed by atoms with Crippen LogP contribution in [0.4, 0.5) is 5.95 Å². The van der Waals surface area contributed by atoms with Gasteiger partial charge in [-0.05, 0) is 70.1 Å². The summed E-state index contributed by atoms with van der Waals surface area (Å²) in [6.07, 6.45) is 1.07. The summed E-state index contributed by atoms with van der Waals surface area (Å²) in [5.74, 6) is 1.06. The molecule has 1 aromatic carbocycles. The number of piperazine rings is 1. The van der Waals surface area contributed by atoms with Crippen LogP contribution in [0.15, 0.2) is 17.9 Å². The molecule has 0 bridgehead atoms. The van der Waals surface area contributed by atoms with Crippen LogP contribution in [0.2, 0.25) is 0 Å². The van der Waals surface area contributed by atoms with E-state index in [1.807, 2.05) is 0 Å². The minimum atomic E-state index is 0.953. The Labute approximate surface area is 163 Å². The van der Waals surface area contributed by atoms with E-state index in [9.17, 15) is 0 Å². The maximum Gasteiger partial charge on any atom is 0.206 e. The van der Waals surface area contributed by atoms with Crippen molar-refractivity contribution in [1.29, 1.82) is 0 Å². The topological polar surface area (TPSA) is 33.1 Å². The largest absolute Gasteiger partial charge is 0.340 e. The molecule has 1 saturated heterocycles. The fraction of sp³-hybridized carbons (Fsp3) is 0.500. The average molecular weight is 560 g/mol. The minimum absolute atomic E-state index is 0.953. The van der Waals surface area contributed by atoms with E-state index in [-0.39, 0.29) is 0 Å². The number of anilines is 1. The van der Waals surface area contributed by atoms with Gasteiger partial charge in [0, 0.05) is 41.7 Å². The molecule has 0 spiro atoms. The van der Waals surface area contributed by atoms with E-state index in [0.717, 1.165) is 74.0 Å². The molecule has 0 unspecified atom stereocenters. The molecule has 1 aliphatic rings. The molecule has 1 aromatic heterocycles. The number of aromatic nitrogens is 2. The van der Waals surface area contributed by atoms with Gasteiger partial charge in [-0.2, -0.15) is 0 Å². The van der Waals surface area contributed by atoms with Crippen molar-refractivity contribution in [2.24, 2.45) is 0 Å². The van der Waals surface area contributed by atoms with Crippen LogP contribution in [0.5, 0.6) is 0 Å². The van der Waals surface area contributed by atoms with Gasteiger partial charge in [-0.25, -0.2) is 4.98 Å². The normalized spacial score (nSPS) is 15.8. The lowest BCUT2D eigenvalue weighted by Crippen LogP contribution is -2.44. The van der Waals surface area contributed by atoms with Crippen LogP contribution < -0.4 is 10.2 Å². The van der Waals surface area contributed by atoms with Crippen molar-refractivity contribution in [2.75, 3.05) is 31.1 Å². The molecule has 3 rings (SSSR count). The fourth-order valence-corrected chi connectivity index (χ4v) is 5.14. The Balaban J connectivity index is 2.26. The third-order valence-corrected chi connectivity index (χ3v) is 8.51. The molecule has 1 N–H and O–H groups in total. The second-order valence-electron chi connectivity index (χ2n) is 5.25. The van der Waals surface area contributed by atoms with Gasteiger partial charge in [-0.1, -0.05) is 6.92 Å². The molecule has 8 heteroatoms. The van der Waals surface area contributed by atoms with Crippen LogP contribution in [0.25, 0.3) is 11.0 Å². The van der Waals surface area contributed by atoms with Crippen LogP contribution in [0.1, 0.15) is 13.3 Å². The van der Waals surface area contributed by atoms with Crippen molar-refractivity contribution in [2.45, 2.75) is 19.9 Å². The third-order valence-electron chi connectivity index (χ3n) is 3.79. The molecule has 4 nitrogen and oxygen atoms in total. The van der Waals surface area contributed by atoms with Gasteiger partial charge in [0.2, 0.25) is 5.95 Å². The molecule has 0 radical (unpaired) electrons. The first kappa shape index (κ1) is 17.2. The van der Waals surface area contributed by atoms with E-state index in [1.165, 1.54) is 0 Å². The first-order valence-corrected chi connectivity index (χ1v) is 10.4. The van der Waals surface area contributed by atoms with Crippen LogP contribution in [0, 0.1) is 0 Å². The van der Waals surface area contributed by atoms with Gasteiger partial charge in [0.05, 0.1) is 14.5 Å². The number of hydrogen-bond acceptors (Lipinski definition) is 3. The Morgan fingerprint density at radius 2 is 1.64 bits per heavy atom. The highest BCUT2D eigenvalue weighted by Crippen LogP contribution is 2.44. The SMILES string of the molecule is CCCn1c(N2CCNCC2)nc2c(Br)c(Br)c(Br)c(Br)c21. The smallest absolute Gasteiger partial charge is 0.206 e. The number of halogens is 4. The lowest BCUT2D eigenvalue weighted by atomic mass is 10.3. The molecule has 0 aliphatic carbocycles. The molecule has 2 aromatic rings. The summed E-state index contributed by atoms with van der Waals surface area (Å²) >= 11 is 14.7. The van der Waals surface area contributed by atoms with Gasteiger partial charge in [0.25, 0.3) is 0 Å². The Morgan fingerprint density at radius 3 is 2.27 bits per heavy atom. The summed E-state index contributed by atoms with van der Waals surface area (Å²) in [5.41, 5.74) is 2.13. The van der Waals surface area contributed by atoms with Crippen molar-refractivity contribution in [3.63, 3.8) is 0 Å². The quantitative estimate of drug-likeness (QED) is 0.429. The maximum absolute atomic E-state index is 4.95. The highest BCUT2D eigenvalue weighted by atomic mass is 79.9. The molecular formula is C14H16Br4N4. The van der Waals surface area contributed by atoms with Gasteiger partial charge >= 0.3 is 0 Å². The van der Waals surface area contributed by atoms with Crippen molar-refractivity contribution >= 4 is 80.7 Å². The second kappa shape index (κ2) is 7.09. The maximum atomic E-state index is 4.95. The zero-order valence-corrected chi connectivity index (χ0v) is 18.4. The van der Waals surface area contributed by atoms with Crippen LogP contribution in [-0.2, 0) is 6.54 Å². The zero-order valence-electron chi connectivity index (χ0n) is 12.1. The highest BCUT2D eigenvalue weighted by Gasteiger charge is 2.24. The molecule has 2 heterocycles. The Hall–Kier alpha value is 0.370. The molecule has 1 fully saturated rings. The molecule has 0 saturated carbocycles. The summed E-state index contributed by atoms with van der Waals surface area (Å²) < 4.78 is 6.35. The third kappa shape index (κ3) is 2.90. The fourth-order valence-electron chi connectivity index (χ4n) is 2.76. The first-order valence-electron chi connectivity index (χ1n) is 7.24. The number of nitrogens with one attached hydrogen (secondary N) is 1. The Bertz CT molecular complexity index is 707. The van der Waals surface area contributed by atoms with E-state index in [1.54, 1.807) is 0 Å². The van der Waals surface area contributed by atoms with Crippen molar-refractivity contribution in [3.05, 3.63) is 17.9 Å². The lowest BCUT2D eigenvalue weighted by Gasteiger charge is -2.29. The minimum Gasteiger partial charge on any atom is -0.340 e. The van der Waals surface area contributed by atoms with E-state index in [2.05, 4.69) is 85.4 Å². The first-order chi connectivity index (χ1) is 10.6. The van der Waals surface area contributed by atoms with Gasteiger partial charge < -0.3 is 14.8 Å². The standard InChI is InChI=1S/C14H16Br4N4/c1-2-5-22-13-11(18)9(16)8(15)10(17)12(13)20-14(22)21-6-3-19-4-7-21/h19H,2-7H2,1H3. The molecule has 22 heavy (non-hydrogen) atoms. The molecule has 120 valence electrons.